The van der Waals surface area contributed by atoms with Gasteiger partial charge in [0, 0.05) is 23.7 Å². The van der Waals surface area contributed by atoms with Crippen molar-refractivity contribution in [3.05, 3.63) is 65.7 Å². The lowest BCUT2D eigenvalue weighted by atomic mass is 9.82. The summed E-state index contributed by atoms with van der Waals surface area (Å²) in [7, 11) is 0. The van der Waals surface area contributed by atoms with Gasteiger partial charge in [0.05, 0.1) is 6.61 Å². The molecular weight excluding hydrogens is 258 g/mol. The Morgan fingerprint density at radius 1 is 1.10 bits per heavy atom. The van der Waals surface area contributed by atoms with Gasteiger partial charge in [-0.1, -0.05) is 55.5 Å². The molecule has 0 bridgehead atoms. The molecule has 0 amide bonds. The number of nitrogens with zero attached hydrogens (tertiary/aromatic N) is 1. The molecule has 1 aliphatic rings. The van der Waals surface area contributed by atoms with E-state index < -0.39 is 0 Å². The van der Waals surface area contributed by atoms with Crippen molar-refractivity contribution in [2.75, 3.05) is 18.1 Å². The van der Waals surface area contributed by atoms with Crippen LogP contribution in [-0.4, -0.2) is 24.3 Å². The highest BCUT2D eigenvalue weighted by molar-refractivity contribution is 5.59. The van der Waals surface area contributed by atoms with E-state index >= 15 is 0 Å². The number of anilines is 1. The van der Waals surface area contributed by atoms with E-state index in [-0.39, 0.29) is 12.0 Å². The molecule has 2 unspecified atom stereocenters. The fourth-order valence-electron chi connectivity index (χ4n) is 3.32. The third kappa shape index (κ3) is 2.56. The number of aliphatic hydroxyl groups is 1. The van der Waals surface area contributed by atoms with Gasteiger partial charge in [-0.25, -0.2) is 0 Å². The van der Waals surface area contributed by atoms with Crippen LogP contribution in [0.25, 0.3) is 0 Å². The standard InChI is InChI=1S/C19H23NO/c1-15-12-16-8-6-7-11-18(16)20(15)13-19(2,14-21)17-9-4-3-5-10-17/h3-11,15,21H,12-14H2,1-2H3. The van der Waals surface area contributed by atoms with E-state index in [0.717, 1.165) is 13.0 Å². The van der Waals surface area contributed by atoms with Crippen LogP contribution in [0.4, 0.5) is 5.69 Å². The average Bonchev–Trinajstić information content (AvgIpc) is 2.84. The van der Waals surface area contributed by atoms with Crippen molar-refractivity contribution in [1.82, 2.24) is 0 Å². The first-order chi connectivity index (χ1) is 10.1. The summed E-state index contributed by atoms with van der Waals surface area (Å²) < 4.78 is 0. The molecule has 2 atom stereocenters. The molecule has 0 spiro atoms. The molecule has 0 aliphatic carbocycles. The molecular formula is C19H23NO. The van der Waals surface area contributed by atoms with Crippen molar-refractivity contribution in [2.45, 2.75) is 31.7 Å². The third-order valence-corrected chi connectivity index (χ3v) is 4.69. The molecule has 1 aliphatic heterocycles. The smallest absolute Gasteiger partial charge is 0.0542 e. The van der Waals surface area contributed by atoms with Crippen molar-refractivity contribution in [3.8, 4) is 0 Å². The average molecular weight is 281 g/mol. The van der Waals surface area contributed by atoms with Gasteiger partial charge in [-0.15, -0.1) is 0 Å². The van der Waals surface area contributed by atoms with Crippen molar-refractivity contribution >= 4 is 5.69 Å². The summed E-state index contributed by atoms with van der Waals surface area (Å²) in [6.07, 6.45) is 1.09. The van der Waals surface area contributed by atoms with E-state index in [4.69, 9.17) is 0 Å². The van der Waals surface area contributed by atoms with E-state index in [9.17, 15) is 5.11 Å². The minimum absolute atomic E-state index is 0.155. The predicted molar refractivity (Wildman–Crippen MR) is 87.8 cm³/mol. The summed E-state index contributed by atoms with van der Waals surface area (Å²) in [5.74, 6) is 0. The van der Waals surface area contributed by atoms with E-state index in [1.54, 1.807) is 0 Å². The maximum absolute atomic E-state index is 10.0. The Morgan fingerprint density at radius 2 is 1.76 bits per heavy atom. The maximum Gasteiger partial charge on any atom is 0.0542 e. The number of para-hydroxylation sites is 1. The second-order valence-electron chi connectivity index (χ2n) is 6.39. The second kappa shape index (κ2) is 5.53. The molecule has 1 N–H and O–H groups in total. The predicted octanol–water partition coefficient (Wildman–Crippen LogP) is 3.39. The molecule has 0 saturated heterocycles. The molecule has 21 heavy (non-hydrogen) atoms. The highest BCUT2D eigenvalue weighted by Gasteiger charge is 2.34. The number of fused-ring (bicyclic) bond motifs is 1. The second-order valence-corrected chi connectivity index (χ2v) is 6.39. The summed E-state index contributed by atoms with van der Waals surface area (Å²) in [6.45, 7) is 5.41. The van der Waals surface area contributed by atoms with Gasteiger partial charge in [0.25, 0.3) is 0 Å². The molecule has 2 nitrogen and oxygen atoms in total. The monoisotopic (exact) mass is 281 g/mol. The SMILES string of the molecule is CC1Cc2ccccc2N1CC(C)(CO)c1ccccc1. The molecule has 1 heterocycles. The summed E-state index contributed by atoms with van der Waals surface area (Å²) in [6, 6.07) is 19.4. The Kier molecular flexibility index (Phi) is 3.73. The fraction of sp³-hybridized carbons (Fsp3) is 0.368. The van der Waals surface area contributed by atoms with Crippen molar-refractivity contribution in [1.29, 1.82) is 0 Å². The van der Waals surface area contributed by atoms with Gasteiger partial charge in [0.2, 0.25) is 0 Å². The van der Waals surface area contributed by atoms with Crippen LogP contribution in [0.3, 0.4) is 0 Å². The lowest BCUT2D eigenvalue weighted by Crippen LogP contribution is -2.44. The van der Waals surface area contributed by atoms with Crippen molar-refractivity contribution in [2.24, 2.45) is 0 Å². The van der Waals surface area contributed by atoms with Crippen LogP contribution in [-0.2, 0) is 11.8 Å². The first-order valence-corrected chi connectivity index (χ1v) is 7.65. The van der Waals surface area contributed by atoms with Crippen LogP contribution >= 0.6 is 0 Å². The highest BCUT2D eigenvalue weighted by atomic mass is 16.3. The quantitative estimate of drug-likeness (QED) is 0.928. The number of aliphatic hydroxyl groups excluding tert-OH is 1. The zero-order chi connectivity index (χ0) is 14.9. The van der Waals surface area contributed by atoms with Crippen molar-refractivity contribution < 1.29 is 5.11 Å². The Labute approximate surface area is 127 Å². The van der Waals surface area contributed by atoms with Gasteiger partial charge >= 0.3 is 0 Å². The molecule has 110 valence electrons. The topological polar surface area (TPSA) is 23.5 Å². The Bertz CT molecular complexity index is 610. The van der Waals surface area contributed by atoms with Gasteiger partial charge < -0.3 is 10.0 Å². The Balaban J connectivity index is 1.91. The van der Waals surface area contributed by atoms with Gasteiger partial charge in [-0.2, -0.15) is 0 Å². The molecule has 0 radical (unpaired) electrons. The van der Waals surface area contributed by atoms with Crippen LogP contribution in [0.2, 0.25) is 0 Å². The highest BCUT2D eigenvalue weighted by Crippen LogP contribution is 2.35. The fourth-order valence-corrected chi connectivity index (χ4v) is 3.32. The van der Waals surface area contributed by atoms with E-state index in [0.29, 0.717) is 6.04 Å². The van der Waals surface area contributed by atoms with Crippen LogP contribution in [0.15, 0.2) is 54.6 Å². The van der Waals surface area contributed by atoms with Crippen molar-refractivity contribution in [3.63, 3.8) is 0 Å². The summed E-state index contributed by atoms with van der Waals surface area (Å²) >= 11 is 0. The molecule has 3 rings (SSSR count). The molecule has 0 fully saturated rings. The third-order valence-electron chi connectivity index (χ3n) is 4.69. The molecule has 2 heteroatoms. The number of hydrogen-bond donors (Lipinski definition) is 1. The first-order valence-electron chi connectivity index (χ1n) is 7.65. The number of hydrogen-bond acceptors (Lipinski definition) is 2. The lowest BCUT2D eigenvalue weighted by Gasteiger charge is -2.36. The van der Waals surface area contributed by atoms with Gasteiger partial charge in [-0.3, -0.25) is 0 Å². The minimum Gasteiger partial charge on any atom is -0.395 e. The minimum atomic E-state index is -0.243. The summed E-state index contributed by atoms with van der Waals surface area (Å²) in [5, 5.41) is 10.0. The molecule has 2 aromatic carbocycles. The van der Waals surface area contributed by atoms with E-state index in [1.807, 2.05) is 18.2 Å². The zero-order valence-corrected chi connectivity index (χ0v) is 12.8. The van der Waals surface area contributed by atoms with Crippen LogP contribution in [0.1, 0.15) is 25.0 Å². The first kappa shape index (κ1) is 14.2. The Morgan fingerprint density at radius 3 is 2.48 bits per heavy atom. The zero-order valence-electron chi connectivity index (χ0n) is 12.8. The molecule has 2 aromatic rings. The van der Waals surface area contributed by atoms with E-state index in [1.165, 1.54) is 16.8 Å². The van der Waals surface area contributed by atoms with Gasteiger partial charge in [0.1, 0.15) is 0 Å². The Hall–Kier alpha value is -1.80. The number of benzene rings is 2. The summed E-state index contributed by atoms with van der Waals surface area (Å²) in [4.78, 5) is 2.44. The molecule has 0 aromatic heterocycles. The number of rotatable bonds is 4. The molecule has 0 saturated carbocycles. The normalized spacial score (nSPS) is 20.1. The van der Waals surface area contributed by atoms with Crippen LogP contribution in [0, 0.1) is 0 Å². The van der Waals surface area contributed by atoms with Gasteiger partial charge in [-0.05, 0) is 30.5 Å². The van der Waals surface area contributed by atoms with Crippen LogP contribution < -0.4 is 4.90 Å². The largest absolute Gasteiger partial charge is 0.395 e. The van der Waals surface area contributed by atoms with E-state index in [2.05, 4.69) is 55.1 Å². The maximum atomic E-state index is 10.0. The van der Waals surface area contributed by atoms with Crippen LogP contribution in [0.5, 0.6) is 0 Å². The van der Waals surface area contributed by atoms with Gasteiger partial charge in [0.15, 0.2) is 0 Å². The lowest BCUT2D eigenvalue weighted by molar-refractivity contribution is 0.206. The summed E-state index contributed by atoms with van der Waals surface area (Å²) in [5.41, 5.74) is 3.69.